The van der Waals surface area contributed by atoms with Gasteiger partial charge in [0.05, 0.1) is 5.41 Å². The lowest BCUT2D eigenvalue weighted by molar-refractivity contribution is -0.485. The van der Waals surface area contributed by atoms with Crippen LogP contribution in [-0.2, 0) is 5.41 Å². The Hall–Kier alpha value is -1.38. The van der Waals surface area contributed by atoms with E-state index in [9.17, 15) is 10.1 Å². The molecule has 13 heavy (non-hydrogen) atoms. The van der Waals surface area contributed by atoms with E-state index in [0.717, 1.165) is 18.4 Å². The van der Waals surface area contributed by atoms with Crippen LogP contribution in [0.15, 0.2) is 30.3 Å². The minimum absolute atomic E-state index is 0.0804. The molecule has 0 amide bonds. The fraction of sp³-hybridized carbons (Fsp3) is 0.400. The second-order valence-corrected chi connectivity index (χ2v) is 3.64. The second kappa shape index (κ2) is 2.83. The fourth-order valence-electron chi connectivity index (χ4n) is 1.73. The maximum absolute atomic E-state index is 10.4. The first-order valence-electron chi connectivity index (χ1n) is 4.40. The molecule has 1 fully saturated rings. The lowest BCUT2D eigenvalue weighted by Crippen LogP contribution is -2.19. The molecule has 0 unspecified atom stereocenters. The average molecular weight is 177 g/mol. The molecule has 1 aromatic carbocycles. The molecule has 0 radical (unpaired) electrons. The van der Waals surface area contributed by atoms with Gasteiger partial charge in [-0.2, -0.15) is 0 Å². The Bertz CT molecular complexity index is 317. The highest BCUT2D eigenvalue weighted by Gasteiger charge is 2.48. The number of hydrogen-bond donors (Lipinski definition) is 0. The van der Waals surface area contributed by atoms with Crippen molar-refractivity contribution in [1.29, 1.82) is 0 Å². The number of benzene rings is 1. The van der Waals surface area contributed by atoms with Crippen LogP contribution in [0, 0.1) is 10.1 Å². The zero-order valence-corrected chi connectivity index (χ0v) is 7.27. The molecule has 0 saturated heterocycles. The van der Waals surface area contributed by atoms with Crippen LogP contribution in [0.3, 0.4) is 0 Å². The smallest absolute Gasteiger partial charge is 0.213 e. The maximum atomic E-state index is 10.4. The standard InChI is InChI=1S/C10H11NO2/c12-11(13)8-10(6-7-10)9-4-2-1-3-5-9/h1-5H,6-8H2. The van der Waals surface area contributed by atoms with Gasteiger partial charge in [-0.1, -0.05) is 30.3 Å². The van der Waals surface area contributed by atoms with Crippen molar-refractivity contribution in [2.24, 2.45) is 0 Å². The summed E-state index contributed by atoms with van der Waals surface area (Å²) in [4.78, 5) is 10.2. The molecule has 3 heteroatoms. The summed E-state index contributed by atoms with van der Waals surface area (Å²) in [5, 5.41) is 10.4. The van der Waals surface area contributed by atoms with E-state index < -0.39 is 0 Å². The molecule has 0 spiro atoms. The van der Waals surface area contributed by atoms with E-state index in [1.807, 2.05) is 30.3 Å². The van der Waals surface area contributed by atoms with Gasteiger partial charge < -0.3 is 0 Å². The molecule has 0 atom stereocenters. The van der Waals surface area contributed by atoms with Crippen molar-refractivity contribution in [3.8, 4) is 0 Å². The predicted octanol–water partition coefficient (Wildman–Crippen LogP) is 1.99. The summed E-state index contributed by atoms with van der Waals surface area (Å²) in [5.41, 5.74) is 0.983. The maximum Gasteiger partial charge on any atom is 0.213 e. The van der Waals surface area contributed by atoms with Gasteiger partial charge >= 0.3 is 0 Å². The zero-order chi connectivity index (χ0) is 9.31. The number of nitro groups is 1. The Morgan fingerprint density at radius 1 is 1.31 bits per heavy atom. The van der Waals surface area contributed by atoms with Crippen LogP contribution < -0.4 is 0 Å². The van der Waals surface area contributed by atoms with Crippen molar-refractivity contribution in [3.63, 3.8) is 0 Å². The second-order valence-electron chi connectivity index (χ2n) is 3.64. The van der Waals surface area contributed by atoms with Crippen LogP contribution in [0.2, 0.25) is 0 Å². The highest BCUT2D eigenvalue weighted by atomic mass is 16.6. The third-order valence-electron chi connectivity index (χ3n) is 2.67. The lowest BCUT2D eigenvalue weighted by atomic mass is 9.96. The van der Waals surface area contributed by atoms with Crippen molar-refractivity contribution < 1.29 is 4.92 Å². The first-order valence-corrected chi connectivity index (χ1v) is 4.40. The van der Waals surface area contributed by atoms with Gasteiger partial charge in [0.25, 0.3) is 0 Å². The summed E-state index contributed by atoms with van der Waals surface area (Å²) in [6, 6.07) is 9.78. The van der Waals surface area contributed by atoms with Crippen molar-refractivity contribution in [1.82, 2.24) is 0 Å². The minimum atomic E-state index is -0.208. The SMILES string of the molecule is O=[N+]([O-])CC1(c2ccccc2)CC1. The molecule has 68 valence electrons. The van der Waals surface area contributed by atoms with Crippen LogP contribution in [-0.4, -0.2) is 11.5 Å². The van der Waals surface area contributed by atoms with E-state index in [1.165, 1.54) is 0 Å². The Labute approximate surface area is 76.5 Å². The van der Waals surface area contributed by atoms with E-state index >= 15 is 0 Å². The molecule has 1 saturated carbocycles. The van der Waals surface area contributed by atoms with Gasteiger partial charge in [-0.05, 0) is 18.4 Å². The van der Waals surface area contributed by atoms with Gasteiger partial charge in [0.1, 0.15) is 0 Å². The van der Waals surface area contributed by atoms with Crippen LogP contribution in [0.5, 0.6) is 0 Å². The molecular weight excluding hydrogens is 166 g/mol. The minimum Gasteiger partial charge on any atom is -0.265 e. The van der Waals surface area contributed by atoms with Gasteiger partial charge in [0.15, 0.2) is 0 Å². The van der Waals surface area contributed by atoms with Crippen molar-refractivity contribution in [2.45, 2.75) is 18.3 Å². The van der Waals surface area contributed by atoms with E-state index in [4.69, 9.17) is 0 Å². The molecule has 0 heterocycles. The molecule has 2 rings (SSSR count). The predicted molar refractivity (Wildman–Crippen MR) is 49.2 cm³/mol. The van der Waals surface area contributed by atoms with Gasteiger partial charge in [-0.25, -0.2) is 0 Å². The molecule has 0 aliphatic heterocycles. The molecule has 1 aromatic rings. The zero-order valence-electron chi connectivity index (χ0n) is 7.27. The molecular formula is C10H11NO2. The van der Waals surface area contributed by atoms with Crippen molar-refractivity contribution in [3.05, 3.63) is 46.0 Å². The average Bonchev–Trinajstić information content (AvgIpc) is 2.86. The van der Waals surface area contributed by atoms with Gasteiger partial charge in [0, 0.05) is 4.92 Å². The first-order chi connectivity index (χ1) is 6.23. The van der Waals surface area contributed by atoms with Crippen LogP contribution in [0.25, 0.3) is 0 Å². The summed E-state index contributed by atoms with van der Waals surface area (Å²) in [7, 11) is 0. The molecule has 3 nitrogen and oxygen atoms in total. The van der Waals surface area contributed by atoms with Crippen LogP contribution >= 0.6 is 0 Å². The number of rotatable bonds is 3. The molecule has 0 bridgehead atoms. The number of nitrogens with zero attached hydrogens (tertiary/aromatic N) is 1. The first kappa shape index (κ1) is 8.23. The normalized spacial score (nSPS) is 18.2. The highest BCUT2D eigenvalue weighted by Crippen LogP contribution is 2.47. The van der Waals surface area contributed by atoms with Crippen molar-refractivity contribution in [2.75, 3.05) is 6.54 Å². The van der Waals surface area contributed by atoms with E-state index in [2.05, 4.69) is 0 Å². The van der Waals surface area contributed by atoms with E-state index in [0.29, 0.717) is 0 Å². The Balaban J connectivity index is 2.21. The monoisotopic (exact) mass is 177 g/mol. The summed E-state index contributed by atoms with van der Waals surface area (Å²) >= 11 is 0. The summed E-state index contributed by atoms with van der Waals surface area (Å²) in [6.07, 6.45) is 1.91. The molecule has 1 aliphatic rings. The van der Waals surface area contributed by atoms with E-state index in [1.54, 1.807) is 0 Å². The third-order valence-corrected chi connectivity index (χ3v) is 2.67. The molecule has 1 aliphatic carbocycles. The molecule has 0 N–H and O–H groups in total. The van der Waals surface area contributed by atoms with Crippen LogP contribution in [0.4, 0.5) is 0 Å². The Kier molecular flexibility index (Phi) is 1.79. The summed E-state index contributed by atoms with van der Waals surface area (Å²) in [5.74, 6) is 0. The summed E-state index contributed by atoms with van der Waals surface area (Å²) in [6.45, 7) is 0.0804. The molecule has 0 aromatic heterocycles. The van der Waals surface area contributed by atoms with Crippen molar-refractivity contribution >= 4 is 0 Å². The summed E-state index contributed by atoms with van der Waals surface area (Å²) < 4.78 is 0. The fourth-order valence-corrected chi connectivity index (χ4v) is 1.73. The van der Waals surface area contributed by atoms with E-state index in [-0.39, 0.29) is 16.9 Å². The third kappa shape index (κ3) is 1.54. The van der Waals surface area contributed by atoms with Crippen LogP contribution in [0.1, 0.15) is 18.4 Å². The quantitative estimate of drug-likeness (QED) is 0.523. The van der Waals surface area contributed by atoms with Gasteiger partial charge in [-0.15, -0.1) is 0 Å². The topological polar surface area (TPSA) is 43.1 Å². The lowest BCUT2D eigenvalue weighted by Gasteiger charge is -2.09. The number of hydrogen-bond acceptors (Lipinski definition) is 2. The highest BCUT2D eigenvalue weighted by molar-refractivity contribution is 5.30. The Morgan fingerprint density at radius 3 is 2.38 bits per heavy atom. The van der Waals surface area contributed by atoms with Gasteiger partial charge in [-0.3, -0.25) is 10.1 Å². The Morgan fingerprint density at radius 2 is 1.92 bits per heavy atom. The van der Waals surface area contributed by atoms with Gasteiger partial charge in [0.2, 0.25) is 6.54 Å². The largest absolute Gasteiger partial charge is 0.265 e.